The van der Waals surface area contributed by atoms with Crippen LogP contribution >= 0.6 is 11.3 Å². The number of anilines is 1. The van der Waals surface area contributed by atoms with Crippen LogP contribution < -0.4 is 10.9 Å². The van der Waals surface area contributed by atoms with E-state index in [0.717, 1.165) is 22.9 Å². The van der Waals surface area contributed by atoms with Gasteiger partial charge in [-0.25, -0.2) is 10.4 Å². The first-order chi connectivity index (χ1) is 10.3. The molecule has 0 atom stereocenters. The van der Waals surface area contributed by atoms with E-state index in [4.69, 9.17) is 0 Å². The second-order valence-corrected chi connectivity index (χ2v) is 5.86. The molecule has 3 nitrogen and oxygen atoms in total. The van der Waals surface area contributed by atoms with Crippen LogP contribution in [0.1, 0.15) is 10.6 Å². The Morgan fingerprint density at radius 1 is 1.05 bits per heavy atom. The zero-order valence-electron chi connectivity index (χ0n) is 11.8. The van der Waals surface area contributed by atoms with Crippen molar-refractivity contribution in [3.8, 4) is 11.3 Å². The highest BCUT2D eigenvalue weighted by Gasteiger charge is 2.03. The van der Waals surface area contributed by atoms with Crippen molar-refractivity contribution >= 4 is 17.0 Å². The van der Waals surface area contributed by atoms with Crippen LogP contribution in [0, 0.1) is 6.92 Å². The fourth-order valence-electron chi connectivity index (χ4n) is 2.11. The summed E-state index contributed by atoms with van der Waals surface area (Å²) < 4.78 is 0. The van der Waals surface area contributed by atoms with Crippen molar-refractivity contribution in [1.29, 1.82) is 0 Å². The lowest BCUT2D eigenvalue weighted by Crippen LogP contribution is -2.20. The van der Waals surface area contributed by atoms with Gasteiger partial charge in [0.25, 0.3) is 0 Å². The van der Waals surface area contributed by atoms with Crippen LogP contribution in [0.5, 0.6) is 0 Å². The van der Waals surface area contributed by atoms with Gasteiger partial charge in [-0.2, -0.15) is 0 Å². The number of hydrogen-bond donors (Lipinski definition) is 2. The summed E-state index contributed by atoms with van der Waals surface area (Å²) in [5.41, 5.74) is 10.9. The molecule has 0 radical (unpaired) electrons. The normalized spacial score (nSPS) is 10.5. The number of thiazole rings is 1. The molecular formula is C17H17N3S. The molecule has 0 spiro atoms. The quantitative estimate of drug-likeness (QED) is 0.691. The largest absolute Gasteiger partial charge is 0.321 e. The molecule has 3 rings (SSSR count). The van der Waals surface area contributed by atoms with Crippen LogP contribution in [0.4, 0.5) is 5.69 Å². The number of benzene rings is 2. The van der Waals surface area contributed by atoms with Crippen molar-refractivity contribution < 1.29 is 0 Å². The minimum absolute atomic E-state index is 0.756. The molecule has 0 unspecified atom stereocenters. The van der Waals surface area contributed by atoms with Gasteiger partial charge in [0.15, 0.2) is 0 Å². The van der Waals surface area contributed by atoms with E-state index in [1.165, 1.54) is 11.1 Å². The summed E-state index contributed by atoms with van der Waals surface area (Å²) in [4.78, 5) is 4.53. The second-order valence-electron chi connectivity index (χ2n) is 4.80. The van der Waals surface area contributed by atoms with Crippen LogP contribution in [0.15, 0.2) is 60.0 Å². The maximum absolute atomic E-state index is 4.53. The van der Waals surface area contributed by atoms with E-state index in [1.54, 1.807) is 11.3 Å². The smallest absolute Gasteiger partial charge is 0.0901 e. The number of hydrogen-bond acceptors (Lipinski definition) is 4. The molecule has 0 aliphatic rings. The molecule has 1 heterocycles. The van der Waals surface area contributed by atoms with Gasteiger partial charge in [0.05, 0.1) is 10.7 Å². The Morgan fingerprint density at radius 3 is 2.67 bits per heavy atom. The van der Waals surface area contributed by atoms with E-state index < -0.39 is 0 Å². The number of aryl methyl sites for hydroxylation is 1. The van der Waals surface area contributed by atoms with Gasteiger partial charge in [0.2, 0.25) is 0 Å². The summed E-state index contributed by atoms with van der Waals surface area (Å²) in [6, 6.07) is 18.5. The van der Waals surface area contributed by atoms with E-state index in [0.29, 0.717) is 0 Å². The van der Waals surface area contributed by atoms with E-state index >= 15 is 0 Å². The van der Waals surface area contributed by atoms with E-state index in [2.05, 4.69) is 45.5 Å². The van der Waals surface area contributed by atoms with Crippen LogP contribution in [0.3, 0.4) is 0 Å². The lowest BCUT2D eigenvalue weighted by molar-refractivity contribution is 0.801. The molecule has 21 heavy (non-hydrogen) atoms. The molecule has 0 aliphatic carbocycles. The van der Waals surface area contributed by atoms with E-state index in [9.17, 15) is 0 Å². The van der Waals surface area contributed by atoms with Crippen LogP contribution in [-0.4, -0.2) is 4.98 Å². The number of rotatable bonds is 5. The molecule has 0 saturated heterocycles. The number of hydrazine groups is 1. The molecule has 4 heteroatoms. The topological polar surface area (TPSA) is 37.0 Å². The average molecular weight is 295 g/mol. The first-order valence-corrected chi connectivity index (χ1v) is 7.74. The Bertz CT molecular complexity index is 707. The SMILES string of the molecule is Cc1nc(-c2cccc(CNNc3ccccc3)c2)cs1. The standard InChI is InChI=1S/C17H17N3S/c1-13-19-17(12-21-13)15-7-5-6-14(10-15)11-18-20-16-8-3-2-4-9-16/h2-10,12,18,20H,11H2,1H3. The zero-order chi connectivity index (χ0) is 14.5. The van der Waals surface area contributed by atoms with Crippen molar-refractivity contribution in [3.63, 3.8) is 0 Å². The summed E-state index contributed by atoms with van der Waals surface area (Å²) in [6.07, 6.45) is 0. The maximum Gasteiger partial charge on any atom is 0.0901 e. The number of nitrogens with one attached hydrogen (secondary N) is 2. The van der Waals surface area contributed by atoms with Gasteiger partial charge in [-0.15, -0.1) is 11.3 Å². The highest BCUT2D eigenvalue weighted by Crippen LogP contribution is 2.22. The molecule has 3 aromatic rings. The molecular weight excluding hydrogens is 278 g/mol. The van der Waals surface area contributed by atoms with Crippen molar-refractivity contribution in [2.45, 2.75) is 13.5 Å². The molecule has 0 saturated carbocycles. The van der Waals surface area contributed by atoms with Crippen LogP contribution in [-0.2, 0) is 6.54 Å². The summed E-state index contributed by atoms with van der Waals surface area (Å²) in [5.74, 6) is 0. The monoisotopic (exact) mass is 295 g/mol. The Balaban J connectivity index is 1.64. The predicted molar refractivity (Wildman–Crippen MR) is 89.2 cm³/mol. The minimum Gasteiger partial charge on any atom is -0.321 e. The van der Waals surface area contributed by atoms with Crippen molar-refractivity contribution in [2.75, 3.05) is 5.43 Å². The Labute approximate surface area is 128 Å². The van der Waals surface area contributed by atoms with Gasteiger partial charge >= 0.3 is 0 Å². The molecule has 0 amide bonds. The number of aromatic nitrogens is 1. The van der Waals surface area contributed by atoms with Gasteiger partial charge in [-0.3, -0.25) is 0 Å². The Hall–Kier alpha value is -2.17. The third-order valence-electron chi connectivity index (χ3n) is 3.14. The molecule has 106 valence electrons. The second kappa shape index (κ2) is 6.52. The van der Waals surface area contributed by atoms with E-state index in [1.807, 2.05) is 37.3 Å². The van der Waals surface area contributed by atoms with Gasteiger partial charge in [-0.05, 0) is 30.7 Å². The molecule has 2 N–H and O–H groups in total. The van der Waals surface area contributed by atoms with E-state index in [-0.39, 0.29) is 0 Å². The lowest BCUT2D eigenvalue weighted by Gasteiger charge is -2.09. The Kier molecular flexibility index (Phi) is 4.28. The summed E-state index contributed by atoms with van der Waals surface area (Å²) in [5, 5.41) is 3.20. The van der Waals surface area contributed by atoms with Gasteiger partial charge in [-0.1, -0.05) is 36.4 Å². The fraction of sp³-hybridized carbons (Fsp3) is 0.118. The zero-order valence-corrected chi connectivity index (χ0v) is 12.7. The summed E-state index contributed by atoms with van der Waals surface area (Å²) >= 11 is 1.68. The Morgan fingerprint density at radius 2 is 1.90 bits per heavy atom. The predicted octanol–water partition coefficient (Wildman–Crippen LogP) is 4.24. The maximum atomic E-state index is 4.53. The van der Waals surface area contributed by atoms with Crippen molar-refractivity contribution in [1.82, 2.24) is 10.4 Å². The number of nitrogens with zero attached hydrogens (tertiary/aromatic N) is 1. The summed E-state index contributed by atoms with van der Waals surface area (Å²) in [7, 11) is 0. The highest BCUT2D eigenvalue weighted by molar-refractivity contribution is 7.09. The first-order valence-electron chi connectivity index (χ1n) is 6.86. The van der Waals surface area contributed by atoms with Crippen LogP contribution in [0.25, 0.3) is 11.3 Å². The van der Waals surface area contributed by atoms with Gasteiger partial charge < -0.3 is 5.43 Å². The average Bonchev–Trinajstić information content (AvgIpc) is 2.95. The van der Waals surface area contributed by atoms with Gasteiger partial charge in [0, 0.05) is 23.2 Å². The molecule has 1 aromatic heterocycles. The van der Waals surface area contributed by atoms with Crippen LogP contribution in [0.2, 0.25) is 0 Å². The molecule has 0 fully saturated rings. The molecule has 2 aromatic carbocycles. The summed E-state index contributed by atoms with van der Waals surface area (Å²) in [6.45, 7) is 2.79. The van der Waals surface area contributed by atoms with Crippen molar-refractivity contribution in [2.24, 2.45) is 0 Å². The third kappa shape index (κ3) is 3.68. The van der Waals surface area contributed by atoms with Gasteiger partial charge in [0.1, 0.15) is 0 Å². The highest BCUT2D eigenvalue weighted by atomic mass is 32.1. The first kappa shape index (κ1) is 13.8. The molecule has 0 bridgehead atoms. The minimum atomic E-state index is 0.756. The lowest BCUT2D eigenvalue weighted by atomic mass is 10.1. The fourth-order valence-corrected chi connectivity index (χ4v) is 2.73. The third-order valence-corrected chi connectivity index (χ3v) is 3.91. The number of para-hydroxylation sites is 1. The van der Waals surface area contributed by atoms with Crippen molar-refractivity contribution in [3.05, 3.63) is 70.5 Å². The molecule has 0 aliphatic heterocycles.